The van der Waals surface area contributed by atoms with Crippen LogP contribution in [0, 0.1) is 5.41 Å². The molecule has 2 aliphatic carbocycles. The van der Waals surface area contributed by atoms with Crippen LogP contribution < -0.4 is 19.7 Å². The third-order valence-corrected chi connectivity index (χ3v) is 8.42. The first-order chi connectivity index (χ1) is 19.4. The molecule has 0 radical (unpaired) electrons. The number of rotatable bonds is 8. The predicted octanol–water partition coefficient (Wildman–Crippen LogP) is 3.75. The molecule has 1 saturated carbocycles. The number of nitrogens with one attached hydrogen (secondary N) is 1. The molecular weight excluding hydrogens is 511 g/mol. The van der Waals surface area contributed by atoms with E-state index in [1.165, 1.54) is 18.0 Å². The fourth-order valence-corrected chi connectivity index (χ4v) is 6.39. The molecule has 6 rings (SSSR count). The number of carbonyl (C=O) groups excluding carboxylic acids is 1. The minimum Gasteiger partial charge on any atom is -0.490 e. The van der Waals surface area contributed by atoms with Crippen LogP contribution in [0.25, 0.3) is 0 Å². The van der Waals surface area contributed by atoms with E-state index in [1.807, 2.05) is 33.0 Å². The summed E-state index contributed by atoms with van der Waals surface area (Å²) in [4.78, 5) is 30.4. The van der Waals surface area contributed by atoms with Crippen molar-refractivity contribution in [3.05, 3.63) is 59.5 Å². The monoisotopic (exact) mass is 548 g/mol. The molecule has 1 N–H and O–H groups in total. The van der Waals surface area contributed by atoms with Crippen LogP contribution in [0.5, 0.6) is 11.5 Å². The van der Waals surface area contributed by atoms with Gasteiger partial charge in [0.05, 0.1) is 11.8 Å². The van der Waals surface area contributed by atoms with Gasteiger partial charge in [0.25, 0.3) is 5.91 Å². The maximum atomic E-state index is 14.3. The molecule has 1 atom stereocenters. The molecule has 4 aliphatic rings. The van der Waals surface area contributed by atoms with Crippen molar-refractivity contribution in [2.24, 2.45) is 5.41 Å². The lowest BCUT2D eigenvalue weighted by Crippen LogP contribution is -2.65. The van der Waals surface area contributed by atoms with Gasteiger partial charge >= 0.3 is 0 Å². The van der Waals surface area contributed by atoms with Crippen LogP contribution in [0.1, 0.15) is 51.3 Å². The average Bonchev–Trinajstić information content (AvgIpc) is 2.91. The van der Waals surface area contributed by atoms with Crippen LogP contribution >= 0.6 is 0 Å². The van der Waals surface area contributed by atoms with E-state index in [9.17, 15) is 9.18 Å². The Labute approximate surface area is 234 Å². The van der Waals surface area contributed by atoms with Crippen LogP contribution in [0.15, 0.2) is 48.3 Å². The van der Waals surface area contributed by atoms with Gasteiger partial charge in [-0.3, -0.25) is 9.78 Å². The van der Waals surface area contributed by atoms with Crippen LogP contribution in [0.2, 0.25) is 0 Å². The zero-order valence-corrected chi connectivity index (χ0v) is 23.4. The Morgan fingerprint density at radius 3 is 2.88 bits per heavy atom. The average molecular weight is 549 g/mol. The predicted molar refractivity (Wildman–Crippen MR) is 149 cm³/mol. The minimum atomic E-state index is -1.22. The highest BCUT2D eigenvalue weighted by Gasteiger charge is 2.54. The van der Waals surface area contributed by atoms with E-state index in [2.05, 4.69) is 25.2 Å². The number of aromatic nitrogens is 3. The first-order valence-electron chi connectivity index (χ1n) is 14.3. The molecule has 10 heteroatoms. The van der Waals surface area contributed by atoms with Crippen molar-refractivity contribution in [1.82, 2.24) is 25.2 Å². The van der Waals surface area contributed by atoms with Gasteiger partial charge in [0.1, 0.15) is 30.1 Å². The Morgan fingerprint density at radius 2 is 2.10 bits per heavy atom. The fourth-order valence-electron chi connectivity index (χ4n) is 6.39. The number of fused-ring (bicyclic) bond motifs is 1. The summed E-state index contributed by atoms with van der Waals surface area (Å²) in [6.07, 6.45) is 9.84. The maximum Gasteiger partial charge on any atom is 0.253 e. The maximum absolute atomic E-state index is 14.3. The Hall–Kier alpha value is -3.53. The number of pyridine rings is 1. The molecule has 0 bridgehead atoms. The van der Waals surface area contributed by atoms with E-state index >= 15 is 0 Å². The molecule has 1 spiro atoms. The lowest BCUT2D eigenvalue weighted by Gasteiger charge is -2.59. The highest BCUT2D eigenvalue weighted by molar-refractivity contribution is 5.95. The van der Waals surface area contributed by atoms with Crippen molar-refractivity contribution in [1.29, 1.82) is 0 Å². The minimum absolute atomic E-state index is 0.000889. The Morgan fingerprint density at radius 1 is 1.27 bits per heavy atom. The summed E-state index contributed by atoms with van der Waals surface area (Å²) in [6.45, 7) is 9.82. The first-order valence-corrected chi connectivity index (χ1v) is 14.3. The van der Waals surface area contributed by atoms with Crippen molar-refractivity contribution in [3.63, 3.8) is 0 Å². The van der Waals surface area contributed by atoms with Crippen LogP contribution in [-0.2, 0) is 17.8 Å². The van der Waals surface area contributed by atoms with Gasteiger partial charge in [-0.1, -0.05) is 0 Å². The van der Waals surface area contributed by atoms with Gasteiger partial charge in [0.2, 0.25) is 0 Å². The standard InChI is InChI=1S/C30H37FN6O3/c1-4-37(19(2)3)29(38)22-11-20(31)5-6-25(22)40-27-15-33-18-35-28(27)36-16-30(17-36)12-21(13-30)39-26-8-10-34-24-7-9-32-14-23(24)26/h5-6,8,10,15,18-21,32H,4,7,9,11-14,16-17H2,1-3H3. The highest BCUT2D eigenvalue weighted by Crippen LogP contribution is 2.52. The number of carbonyl (C=O) groups is 1. The van der Waals surface area contributed by atoms with Gasteiger partial charge in [0.15, 0.2) is 11.6 Å². The van der Waals surface area contributed by atoms with Gasteiger partial charge in [-0.25, -0.2) is 14.4 Å². The van der Waals surface area contributed by atoms with Gasteiger partial charge in [0, 0.05) is 74.5 Å². The lowest BCUT2D eigenvalue weighted by atomic mass is 9.61. The van der Waals surface area contributed by atoms with Crippen LogP contribution in [-0.4, -0.2) is 70.3 Å². The second kappa shape index (κ2) is 10.8. The highest BCUT2D eigenvalue weighted by atomic mass is 19.1. The van der Waals surface area contributed by atoms with E-state index in [0.717, 1.165) is 56.9 Å². The summed E-state index contributed by atoms with van der Waals surface area (Å²) in [5, 5.41) is 3.41. The normalized spacial score (nSPS) is 21.6. The molecular formula is C30H37FN6O3. The number of amides is 1. The summed E-state index contributed by atoms with van der Waals surface area (Å²) in [6, 6.07) is 1.98. The third kappa shape index (κ3) is 5.05. The second-order valence-corrected chi connectivity index (χ2v) is 11.6. The van der Waals surface area contributed by atoms with Crippen LogP contribution in [0.4, 0.5) is 10.2 Å². The molecule has 1 saturated heterocycles. The number of alkyl halides is 1. The van der Waals surface area contributed by atoms with Crippen molar-refractivity contribution in [2.75, 3.05) is 31.1 Å². The van der Waals surface area contributed by atoms with Crippen molar-refractivity contribution >= 4 is 11.7 Å². The number of allylic oxidation sites excluding steroid dienone is 2. The third-order valence-electron chi connectivity index (χ3n) is 8.42. The molecule has 9 nitrogen and oxygen atoms in total. The SMILES string of the molecule is CCN(C(=O)C1=C(Oc2cncnc2N2CC3(CC(Oc4ccnc5c4CNCC5)C3)C2)C=CC(F)C1)C(C)C. The van der Waals surface area contributed by atoms with E-state index in [1.54, 1.807) is 17.2 Å². The Bertz CT molecular complexity index is 1330. The van der Waals surface area contributed by atoms with Crippen molar-refractivity contribution in [3.8, 4) is 11.5 Å². The molecule has 4 heterocycles. The zero-order valence-electron chi connectivity index (χ0n) is 23.4. The van der Waals surface area contributed by atoms with Crippen molar-refractivity contribution in [2.45, 2.75) is 71.3 Å². The molecule has 2 aliphatic heterocycles. The number of anilines is 1. The molecule has 212 valence electrons. The molecule has 1 unspecified atom stereocenters. The number of hydrogen-bond acceptors (Lipinski definition) is 8. The van der Waals surface area contributed by atoms with Gasteiger partial charge < -0.3 is 24.6 Å². The van der Waals surface area contributed by atoms with Crippen molar-refractivity contribution < 1.29 is 18.7 Å². The molecule has 2 fully saturated rings. The number of ether oxygens (including phenoxy) is 2. The van der Waals surface area contributed by atoms with Gasteiger partial charge in [-0.2, -0.15) is 0 Å². The molecule has 2 aromatic rings. The summed E-state index contributed by atoms with van der Waals surface area (Å²) in [5.74, 6) is 2.26. The largest absolute Gasteiger partial charge is 0.490 e. The first kappa shape index (κ1) is 26.7. The summed E-state index contributed by atoms with van der Waals surface area (Å²) in [7, 11) is 0. The molecule has 2 aromatic heterocycles. The summed E-state index contributed by atoms with van der Waals surface area (Å²) >= 11 is 0. The van der Waals surface area contributed by atoms with Crippen LogP contribution in [0.3, 0.4) is 0 Å². The van der Waals surface area contributed by atoms with E-state index < -0.39 is 6.17 Å². The number of likely N-dealkylation sites (N-methyl/N-ethyl adjacent to an activating group) is 1. The number of hydrogen-bond donors (Lipinski definition) is 1. The Kier molecular flexibility index (Phi) is 7.20. The second-order valence-electron chi connectivity index (χ2n) is 11.6. The molecule has 0 aromatic carbocycles. The zero-order chi connectivity index (χ0) is 27.9. The summed E-state index contributed by atoms with van der Waals surface area (Å²) < 4.78 is 27.0. The van der Waals surface area contributed by atoms with E-state index in [4.69, 9.17) is 9.47 Å². The molecule has 1 amide bonds. The number of nitrogens with zero attached hydrogens (tertiary/aromatic N) is 5. The summed E-state index contributed by atoms with van der Waals surface area (Å²) in [5.41, 5.74) is 2.86. The van der Waals surface area contributed by atoms with Gasteiger partial charge in [-0.05, 0) is 51.8 Å². The van der Waals surface area contributed by atoms with E-state index in [-0.39, 0.29) is 29.9 Å². The quantitative estimate of drug-likeness (QED) is 0.533. The smallest absolute Gasteiger partial charge is 0.253 e. The number of halogens is 1. The van der Waals surface area contributed by atoms with E-state index in [0.29, 0.717) is 29.4 Å². The lowest BCUT2D eigenvalue weighted by molar-refractivity contribution is -0.129. The topological polar surface area (TPSA) is 92.7 Å². The molecule has 40 heavy (non-hydrogen) atoms. The van der Waals surface area contributed by atoms with Gasteiger partial charge in [-0.15, -0.1) is 0 Å². The fraction of sp³-hybridized carbons (Fsp3) is 0.533. The Balaban J connectivity index is 1.12.